The van der Waals surface area contributed by atoms with Gasteiger partial charge in [-0.3, -0.25) is 10.1 Å². The molecule has 0 aliphatic rings. The number of nitrogens with zero attached hydrogens (tertiary/aromatic N) is 3. The van der Waals surface area contributed by atoms with Gasteiger partial charge in [0, 0.05) is 16.3 Å². The van der Waals surface area contributed by atoms with Gasteiger partial charge in [0.25, 0.3) is 0 Å². The molecule has 2 N–H and O–H groups in total. The van der Waals surface area contributed by atoms with Crippen molar-refractivity contribution in [2.75, 3.05) is 17.7 Å². The van der Waals surface area contributed by atoms with Crippen molar-refractivity contribution in [3.8, 4) is 0 Å². The van der Waals surface area contributed by atoms with Crippen molar-refractivity contribution < 1.29 is 4.92 Å². The van der Waals surface area contributed by atoms with Crippen LogP contribution in [0.2, 0.25) is 0 Å². The van der Waals surface area contributed by atoms with Crippen LogP contribution in [-0.4, -0.2) is 21.9 Å². The van der Waals surface area contributed by atoms with Crippen molar-refractivity contribution in [1.82, 2.24) is 9.97 Å². The van der Waals surface area contributed by atoms with Crippen LogP contribution >= 0.6 is 22.6 Å². The monoisotopic (exact) mass is 371 g/mol. The Hall–Kier alpha value is -1.97. The summed E-state index contributed by atoms with van der Waals surface area (Å²) in [6.07, 6.45) is 1.18. The summed E-state index contributed by atoms with van der Waals surface area (Å²) in [4.78, 5) is 18.3. The van der Waals surface area contributed by atoms with Crippen LogP contribution in [0.4, 0.5) is 23.1 Å². The number of nitrogens with one attached hydrogen (secondary N) is 2. The number of rotatable bonds is 4. The molecule has 0 amide bonds. The second-order valence-corrected chi connectivity index (χ2v) is 4.82. The molecule has 0 aliphatic carbocycles. The third-order valence-corrected chi connectivity index (χ3v) is 2.95. The van der Waals surface area contributed by atoms with Crippen molar-refractivity contribution >= 4 is 45.7 Å². The molecule has 0 saturated carbocycles. The van der Waals surface area contributed by atoms with E-state index in [9.17, 15) is 10.1 Å². The van der Waals surface area contributed by atoms with Gasteiger partial charge in [0.15, 0.2) is 0 Å². The van der Waals surface area contributed by atoms with Crippen molar-refractivity contribution in [2.24, 2.45) is 0 Å². The number of halogens is 1. The molecule has 0 aliphatic heterocycles. The van der Waals surface area contributed by atoms with Crippen molar-refractivity contribution in [3.05, 3.63) is 44.1 Å². The van der Waals surface area contributed by atoms with E-state index >= 15 is 0 Å². The fourth-order valence-corrected chi connectivity index (χ4v) is 1.97. The predicted molar refractivity (Wildman–Crippen MR) is 80.7 cm³/mol. The van der Waals surface area contributed by atoms with Crippen LogP contribution in [0.15, 0.2) is 30.5 Å². The number of hydrogen-bond acceptors (Lipinski definition) is 6. The molecule has 2 aromatic rings. The standard InChI is InChI=1S/C11H10IN5O2/c1-13-11-14-6-9(17(18)19)10(16-11)15-8-4-2-3-7(12)5-8/h2-6H,1H3,(H2,13,14,15,16). The Balaban J connectivity index is 2.39. The van der Waals surface area contributed by atoms with Gasteiger partial charge in [0.05, 0.1) is 4.92 Å². The van der Waals surface area contributed by atoms with E-state index in [1.54, 1.807) is 7.05 Å². The van der Waals surface area contributed by atoms with E-state index in [-0.39, 0.29) is 11.5 Å². The highest BCUT2D eigenvalue weighted by Gasteiger charge is 2.17. The summed E-state index contributed by atoms with van der Waals surface area (Å²) < 4.78 is 1.02. The normalized spacial score (nSPS) is 10.0. The van der Waals surface area contributed by atoms with E-state index in [4.69, 9.17) is 0 Å². The van der Waals surface area contributed by atoms with Crippen LogP contribution in [0.1, 0.15) is 0 Å². The minimum absolute atomic E-state index is 0.159. The van der Waals surface area contributed by atoms with Gasteiger partial charge < -0.3 is 10.6 Å². The molecule has 0 atom stereocenters. The second-order valence-electron chi connectivity index (χ2n) is 3.57. The zero-order valence-electron chi connectivity index (χ0n) is 9.92. The SMILES string of the molecule is CNc1ncc([N+](=O)[O-])c(Nc2cccc(I)c2)n1. The number of anilines is 3. The Bertz CT molecular complexity index is 620. The highest BCUT2D eigenvalue weighted by atomic mass is 127. The summed E-state index contributed by atoms with van der Waals surface area (Å²) in [5, 5.41) is 16.6. The summed E-state index contributed by atoms with van der Waals surface area (Å²) >= 11 is 2.17. The van der Waals surface area contributed by atoms with Crippen LogP contribution in [0.5, 0.6) is 0 Å². The molecule has 8 heteroatoms. The molecule has 0 spiro atoms. The number of benzene rings is 1. The first kappa shape index (κ1) is 13.5. The van der Waals surface area contributed by atoms with Gasteiger partial charge in [0.1, 0.15) is 6.20 Å². The van der Waals surface area contributed by atoms with Gasteiger partial charge in [0.2, 0.25) is 11.8 Å². The molecule has 98 valence electrons. The van der Waals surface area contributed by atoms with E-state index in [2.05, 4.69) is 43.2 Å². The van der Waals surface area contributed by atoms with E-state index in [0.29, 0.717) is 5.95 Å². The van der Waals surface area contributed by atoms with Crippen molar-refractivity contribution in [2.45, 2.75) is 0 Å². The first-order chi connectivity index (χ1) is 9.10. The Morgan fingerprint density at radius 2 is 2.21 bits per heavy atom. The maximum atomic E-state index is 10.9. The molecule has 0 unspecified atom stereocenters. The molecule has 0 saturated heterocycles. The van der Waals surface area contributed by atoms with Crippen LogP contribution < -0.4 is 10.6 Å². The second kappa shape index (κ2) is 5.78. The number of aromatic nitrogens is 2. The quantitative estimate of drug-likeness (QED) is 0.488. The fraction of sp³-hybridized carbons (Fsp3) is 0.0909. The van der Waals surface area contributed by atoms with Gasteiger partial charge in [-0.25, -0.2) is 4.98 Å². The largest absolute Gasteiger partial charge is 0.357 e. The molecule has 0 fully saturated rings. The van der Waals surface area contributed by atoms with E-state index in [1.165, 1.54) is 6.20 Å². The van der Waals surface area contributed by atoms with E-state index < -0.39 is 4.92 Å². The molecule has 1 aromatic heterocycles. The summed E-state index contributed by atoms with van der Waals surface area (Å²) in [5.74, 6) is 0.477. The highest BCUT2D eigenvalue weighted by Crippen LogP contribution is 2.26. The lowest BCUT2D eigenvalue weighted by atomic mass is 10.3. The third kappa shape index (κ3) is 3.28. The van der Waals surface area contributed by atoms with Gasteiger partial charge in [-0.2, -0.15) is 4.98 Å². The summed E-state index contributed by atoms with van der Waals surface area (Å²) in [7, 11) is 1.65. The lowest BCUT2D eigenvalue weighted by Crippen LogP contribution is -2.04. The lowest BCUT2D eigenvalue weighted by molar-refractivity contribution is -0.384. The average molecular weight is 371 g/mol. The number of hydrogen-bond donors (Lipinski definition) is 2. The molecule has 2 rings (SSSR count). The van der Waals surface area contributed by atoms with Crippen molar-refractivity contribution in [3.63, 3.8) is 0 Å². The lowest BCUT2D eigenvalue weighted by Gasteiger charge is -2.07. The first-order valence-electron chi connectivity index (χ1n) is 5.32. The molecule has 1 aromatic carbocycles. The minimum Gasteiger partial charge on any atom is -0.357 e. The summed E-state index contributed by atoms with van der Waals surface area (Å²) in [6.45, 7) is 0. The van der Waals surface area contributed by atoms with E-state index in [0.717, 1.165) is 9.26 Å². The van der Waals surface area contributed by atoms with Crippen LogP contribution in [0, 0.1) is 13.7 Å². The van der Waals surface area contributed by atoms with Gasteiger partial charge in [-0.15, -0.1) is 0 Å². The van der Waals surface area contributed by atoms with Crippen LogP contribution in [0.25, 0.3) is 0 Å². The Morgan fingerprint density at radius 3 is 2.84 bits per heavy atom. The molecule has 0 bridgehead atoms. The summed E-state index contributed by atoms with van der Waals surface area (Å²) in [6, 6.07) is 7.47. The van der Waals surface area contributed by atoms with Gasteiger partial charge >= 0.3 is 5.69 Å². The van der Waals surface area contributed by atoms with Gasteiger partial charge in [-0.05, 0) is 40.8 Å². The molecule has 19 heavy (non-hydrogen) atoms. The maximum Gasteiger partial charge on any atom is 0.329 e. The maximum absolute atomic E-state index is 10.9. The zero-order valence-corrected chi connectivity index (χ0v) is 12.1. The first-order valence-corrected chi connectivity index (χ1v) is 6.40. The van der Waals surface area contributed by atoms with Gasteiger partial charge in [-0.1, -0.05) is 6.07 Å². The Labute approximate surface area is 122 Å². The summed E-state index contributed by atoms with van der Waals surface area (Å²) in [5.41, 5.74) is 0.564. The zero-order chi connectivity index (χ0) is 13.8. The van der Waals surface area contributed by atoms with E-state index in [1.807, 2.05) is 24.3 Å². The molecule has 1 heterocycles. The molecule has 0 radical (unpaired) electrons. The van der Waals surface area contributed by atoms with Crippen LogP contribution in [0.3, 0.4) is 0 Å². The average Bonchev–Trinajstić information content (AvgIpc) is 2.38. The number of nitro groups is 1. The third-order valence-electron chi connectivity index (χ3n) is 2.28. The highest BCUT2D eigenvalue weighted by molar-refractivity contribution is 14.1. The topological polar surface area (TPSA) is 93.0 Å². The Kier molecular flexibility index (Phi) is 4.10. The van der Waals surface area contributed by atoms with Crippen LogP contribution in [-0.2, 0) is 0 Å². The Morgan fingerprint density at radius 1 is 1.42 bits per heavy atom. The predicted octanol–water partition coefficient (Wildman–Crippen LogP) is 2.77. The fourth-order valence-electron chi connectivity index (χ4n) is 1.42. The molecule has 7 nitrogen and oxygen atoms in total. The van der Waals surface area contributed by atoms with Crippen molar-refractivity contribution in [1.29, 1.82) is 0 Å². The minimum atomic E-state index is -0.518. The smallest absolute Gasteiger partial charge is 0.329 e. The molecular formula is C11H10IN5O2. The molecular weight excluding hydrogens is 361 g/mol.